The van der Waals surface area contributed by atoms with Gasteiger partial charge in [0.25, 0.3) is 0 Å². The summed E-state index contributed by atoms with van der Waals surface area (Å²) in [4.78, 5) is 0. The van der Waals surface area contributed by atoms with E-state index in [1.807, 2.05) is 0 Å². The molecule has 6 heteroatoms. The van der Waals surface area contributed by atoms with Crippen LogP contribution in [0.1, 0.15) is 58.8 Å². The summed E-state index contributed by atoms with van der Waals surface area (Å²) in [7, 11) is -4.20. The van der Waals surface area contributed by atoms with E-state index in [-0.39, 0.29) is 57.8 Å². The van der Waals surface area contributed by atoms with Crippen LogP contribution >= 0.6 is 0 Å². The number of unbranched alkanes of at least 4 members (excludes halogenated alkanes) is 2. The van der Waals surface area contributed by atoms with Crippen LogP contribution in [-0.4, -0.2) is 29.4 Å². The van der Waals surface area contributed by atoms with Crippen LogP contribution in [0.5, 0.6) is 0 Å². The number of hydrogen-bond donors (Lipinski definition) is 1. The van der Waals surface area contributed by atoms with E-state index in [9.17, 15) is 18.1 Å². The van der Waals surface area contributed by atoms with Crippen molar-refractivity contribution in [1.29, 1.82) is 0 Å². The Morgan fingerprint density at radius 3 is 2.12 bits per heavy atom. The molecule has 0 aromatic carbocycles. The second kappa shape index (κ2) is 11.3. The minimum atomic E-state index is -4.20. The van der Waals surface area contributed by atoms with Gasteiger partial charge in [0.2, 0.25) is 0 Å². The van der Waals surface area contributed by atoms with Gasteiger partial charge in [-0.1, -0.05) is 33.1 Å². The number of hydrogen-bond acceptors (Lipinski definition) is 4. The predicted octanol–water partition coefficient (Wildman–Crippen LogP) is -0.964. The van der Waals surface area contributed by atoms with Gasteiger partial charge in [0.05, 0.1) is 16.2 Å². The fourth-order valence-corrected chi connectivity index (χ4v) is 2.54. The Morgan fingerprint density at radius 2 is 1.71 bits per heavy atom. The summed E-state index contributed by atoms with van der Waals surface area (Å²) in [6, 6.07) is 0. The van der Waals surface area contributed by atoms with Crippen LogP contribution in [0.15, 0.2) is 0 Å². The first kappa shape index (κ1) is 20.8. The Morgan fingerprint density at radius 1 is 1.12 bits per heavy atom. The molecule has 2 unspecified atom stereocenters. The minimum Gasteiger partial charge on any atom is -0.748 e. The summed E-state index contributed by atoms with van der Waals surface area (Å²) in [5.74, 6) is 0. The molecule has 0 aromatic rings. The van der Waals surface area contributed by atoms with Gasteiger partial charge in [0.1, 0.15) is 0 Å². The van der Waals surface area contributed by atoms with Gasteiger partial charge in [0, 0.05) is 5.25 Å². The van der Waals surface area contributed by atoms with E-state index in [4.69, 9.17) is 0 Å². The Hall–Kier alpha value is 1.51. The van der Waals surface area contributed by atoms with E-state index in [1.54, 1.807) is 6.92 Å². The van der Waals surface area contributed by atoms with Gasteiger partial charge in [-0.25, -0.2) is 8.42 Å². The molecule has 0 spiro atoms. The molecule has 0 aliphatic carbocycles. The number of rotatable bonds is 9. The topological polar surface area (TPSA) is 77.4 Å². The number of aliphatic hydroxyl groups excluding tert-OH is 1. The first-order valence-corrected chi connectivity index (χ1v) is 7.51. The van der Waals surface area contributed by atoms with Crippen molar-refractivity contribution >= 4 is 10.1 Å². The second-order valence-corrected chi connectivity index (χ2v) is 5.90. The molecule has 1 N–H and O–H groups in total. The molecule has 4 nitrogen and oxygen atoms in total. The van der Waals surface area contributed by atoms with Gasteiger partial charge in [0.15, 0.2) is 0 Å². The van der Waals surface area contributed by atoms with Crippen LogP contribution in [0.3, 0.4) is 0 Å². The van der Waals surface area contributed by atoms with Crippen LogP contribution in [-0.2, 0) is 10.1 Å². The molecule has 0 fully saturated rings. The van der Waals surface area contributed by atoms with Gasteiger partial charge in [-0.15, -0.1) is 0 Å². The van der Waals surface area contributed by atoms with Crippen molar-refractivity contribution in [1.82, 2.24) is 0 Å². The zero-order valence-electron chi connectivity index (χ0n) is 11.2. The van der Waals surface area contributed by atoms with Gasteiger partial charge < -0.3 is 9.66 Å². The van der Waals surface area contributed by atoms with Crippen LogP contribution < -0.4 is 51.4 Å². The summed E-state index contributed by atoms with van der Waals surface area (Å²) in [6.45, 7) is 3.77. The van der Waals surface area contributed by atoms with Gasteiger partial charge >= 0.3 is 51.4 Å². The van der Waals surface area contributed by atoms with Gasteiger partial charge in [-0.3, -0.25) is 0 Å². The van der Waals surface area contributed by atoms with Crippen molar-refractivity contribution in [3.8, 4) is 0 Å². The molecule has 0 saturated carbocycles. The smallest absolute Gasteiger partial charge is 0.748 e. The third kappa shape index (κ3) is 11.1. The van der Waals surface area contributed by atoms with Crippen LogP contribution in [0.4, 0.5) is 0 Å². The molecule has 17 heavy (non-hydrogen) atoms. The van der Waals surface area contributed by atoms with E-state index in [0.29, 0.717) is 19.3 Å². The Bertz CT molecular complexity index is 267. The molecule has 98 valence electrons. The summed E-state index contributed by atoms with van der Waals surface area (Å²) >= 11 is 0. The van der Waals surface area contributed by atoms with Crippen LogP contribution in [0.2, 0.25) is 0 Å². The maximum atomic E-state index is 10.8. The molecule has 0 aliphatic rings. The fraction of sp³-hybridized carbons (Fsp3) is 1.00. The Labute approximate surface area is 148 Å². The summed E-state index contributed by atoms with van der Waals surface area (Å²) in [6.07, 6.45) is 4.37. The molecule has 2 atom stereocenters. The first-order valence-electron chi connectivity index (χ1n) is 6.04. The summed E-state index contributed by atoms with van der Waals surface area (Å²) in [5.41, 5.74) is 0. The van der Waals surface area contributed by atoms with E-state index in [2.05, 4.69) is 6.92 Å². The van der Waals surface area contributed by atoms with Crippen molar-refractivity contribution < 1.29 is 69.5 Å². The van der Waals surface area contributed by atoms with Gasteiger partial charge in [-0.05, 0) is 25.7 Å². The zero-order valence-corrected chi connectivity index (χ0v) is 15.1. The van der Waals surface area contributed by atoms with Crippen LogP contribution in [0, 0.1) is 0 Å². The first-order chi connectivity index (χ1) is 7.41. The van der Waals surface area contributed by atoms with E-state index >= 15 is 0 Å². The zero-order chi connectivity index (χ0) is 12.6. The van der Waals surface area contributed by atoms with E-state index < -0.39 is 21.5 Å². The summed E-state index contributed by atoms with van der Waals surface area (Å²) < 4.78 is 32.4. The number of aliphatic hydroxyl groups is 1. The summed E-state index contributed by atoms with van der Waals surface area (Å²) in [5, 5.41) is 8.75. The van der Waals surface area contributed by atoms with Crippen molar-refractivity contribution in [2.45, 2.75) is 70.1 Å². The molecule has 0 rings (SSSR count). The monoisotopic (exact) mass is 290 g/mol. The molecule has 0 amide bonds. The van der Waals surface area contributed by atoms with Crippen molar-refractivity contribution in [2.24, 2.45) is 0 Å². The van der Waals surface area contributed by atoms with E-state index in [1.165, 1.54) is 0 Å². The minimum absolute atomic E-state index is 0. The Kier molecular flexibility index (Phi) is 13.9. The third-order valence-corrected chi connectivity index (χ3v) is 4.21. The molecule has 0 radical (unpaired) electrons. The molecule has 0 aromatic heterocycles. The third-order valence-electron chi connectivity index (χ3n) is 2.83. The second-order valence-electron chi connectivity index (χ2n) is 4.25. The van der Waals surface area contributed by atoms with Crippen molar-refractivity contribution in [3.63, 3.8) is 0 Å². The van der Waals surface area contributed by atoms with Crippen LogP contribution in [0.25, 0.3) is 0 Å². The largest absolute Gasteiger partial charge is 1.00 e. The molecule has 0 aliphatic heterocycles. The Balaban J connectivity index is 0. The van der Waals surface area contributed by atoms with Crippen molar-refractivity contribution in [3.05, 3.63) is 0 Å². The quantitative estimate of drug-likeness (QED) is 0.337. The molecule has 0 saturated heterocycles. The van der Waals surface area contributed by atoms with Crippen molar-refractivity contribution in [2.75, 3.05) is 0 Å². The SMILES string of the molecule is CCCCCC(O)CCC(CC)S(=O)(=O)[O-].[K+]. The van der Waals surface area contributed by atoms with Gasteiger partial charge in [-0.2, -0.15) is 0 Å². The fourth-order valence-electron chi connectivity index (χ4n) is 1.71. The molecular formula is C11H23KO4S. The average molecular weight is 290 g/mol. The maximum Gasteiger partial charge on any atom is 1.00 e. The molecule has 0 bridgehead atoms. The standard InChI is InChI=1S/C11H24O4S.K/c1-3-5-6-7-10(12)8-9-11(4-2)16(13,14)15;/h10-12H,3-9H2,1-2H3,(H,13,14,15);/q;+1/p-1. The van der Waals surface area contributed by atoms with E-state index in [0.717, 1.165) is 19.3 Å². The average Bonchev–Trinajstić information content (AvgIpc) is 2.17. The maximum absolute atomic E-state index is 10.8. The predicted molar refractivity (Wildman–Crippen MR) is 63.2 cm³/mol. The molecule has 0 heterocycles. The normalized spacial score (nSPS) is 15.1. The molecular weight excluding hydrogens is 267 g/mol.